The summed E-state index contributed by atoms with van der Waals surface area (Å²) in [5, 5.41) is 24.9. The molecule has 7 nitrogen and oxygen atoms in total. The third-order valence-electron chi connectivity index (χ3n) is 5.29. The first-order valence-electron chi connectivity index (χ1n) is 9.78. The number of likely N-dealkylation sites (N-methyl/N-ethyl adjacent to an activating group) is 1. The van der Waals surface area contributed by atoms with Gasteiger partial charge in [-0.05, 0) is 25.5 Å². The van der Waals surface area contributed by atoms with Gasteiger partial charge in [-0.1, -0.05) is 12.8 Å². The third kappa shape index (κ3) is 4.96. The Morgan fingerprint density at radius 1 is 1.26 bits per heavy atom. The normalized spacial score (nSPS) is 19.7. The van der Waals surface area contributed by atoms with E-state index in [2.05, 4.69) is 26.5 Å². The van der Waals surface area contributed by atoms with Gasteiger partial charge in [-0.3, -0.25) is 0 Å². The van der Waals surface area contributed by atoms with Crippen molar-refractivity contribution in [3.63, 3.8) is 0 Å². The number of allylic oxidation sites excluding steroid dienone is 1. The molecule has 2 aliphatic heterocycles. The maximum Gasteiger partial charge on any atom is 0.195 e. The van der Waals surface area contributed by atoms with E-state index in [-0.39, 0.29) is 5.57 Å². The molecule has 0 spiro atoms. The molecular weight excluding hydrogens is 340 g/mol. The van der Waals surface area contributed by atoms with Crippen molar-refractivity contribution in [2.45, 2.75) is 38.1 Å². The fraction of sp³-hybridized carbons (Fsp3) is 0.600. The number of nitrogens with one attached hydrogen (secondary N) is 2. The fourth-order valence-electron chi connectivity index (χ4n) is 3.71. The summed E-state index contributed by atoms with van der Waals surface area (Å²) in [5.74, 6) is 2.53. The molecule has 2 fully saturated rings. The van der Waals surface area contributed by atoms with Gasteiger partial charge in [0.05, 0.1) is 0 Å². The predicted octanol–water partition coefficient (Wildman–Crippen LogP) is 1.95. The average Bonchev–Trinajstić information content (AvgIpc) is 3.26. The van der Waals surface area contributed by atoms with Crippen molar-refractivity contribution in [1.29, 1.82) is 10.5 Å². The van der Waals surface area contributed by atoms with Crippen molar-refractivity contribution in [3.8, 4) is 12.1 Å². The van der Waals surface area contributed by atoms with Crippen molar-refractivity contribution >= 4 is 5.88 Å². The minimum Gasteiger partial charge on any atom is -0.446 e. The number of nitriles is 2. The zero-order valence-corrected chi connectivity index (χ0v) is 16.0. The maximum absolute atomic E-state index is 9.09. The van der Waals surface area contributed by atoms with Gasteiger partial charge in [0.1, 0.15) is 23.7 Å². The molecule has 2 aliphatic rings. The molecule has 1 aromatic rings. The Balaban J connectivity index is 1.54. The monoisotopic (exact) mass is 368 g/mol. The first-order valence-corrected chi connectivity index (χ1v) is 9.78. The van der Waals surface area contributed by atoms with E-state index < -0.39 is 0 Å². The zero-order valence-electron chi connectivity index (χ0n) is 16.0. The quantitative estimate of drug-likeness (QED) is 0.742. The van der Waals surface area contributed by atoms with Crippen molar-refractivity contribution in [3.05, 3.63) is 29.3 Å². The van der Waals surface area contributed by atoms with Gasteiger partial charge in [-0.25, -0.2) is 0 Å². The van der Waals surface area contributed by atoms with Gasteiger partial charge >= 0.3 is 0 Å². The lowest BCUT2D eigenvalue weighted by Gasteiger charge is -2.23. The molecule has 1 unspecified atom stereocenters. The van der Waals surface area contributed by atoms with E-state index in [0.29, 0.717) is 11.9 Å². The first-order chi connectivity index (χ1) is 13.2. The topological polar surface area (TPSA) is 91.3 Å². The maximum atomic E-state index is 9.09. The number of hydrogen-bond donors (Lipinski definition) is 2. The second-order valence-corrected chi connectivity index (χ2v) is 7.23. The highest BCUT2D eigenvalue weighted by molar-refractivity contribution is 5.40. The molecule has 1 atom stereocenters. The van der Waals surface area contributed by atoms with Crippen LogP contribution >= 0.6 is 0 Å². The summed E-state index contributed by atoms with van der Waals surface area (Å²) < 4.78 is 6.06. The summed E-state index contributed by atoms with van der Waals surface area (Å²) >= 11 is 0. The molecule has 3 heterocycles. The Hall–Kier alpha value is -2.64. The van der Waals surface area contributed by atoms with Crippen LogP contribution in [0.5, 0.6) is 0 Å². The second kappa shape index (κ2) is 9.34. The van der Waals surface area contributed by atoms with Gasteiger partial charge in [0.15, 0.2) is 11.5 Å². The van der Waals surface area contributed by atoms with Crippen molar-refractivity contribution in [2.75, 3.05) is 44.7 Å². The molecular formula is C20H28N6O. The average molecular weight is 368 g/mol. The van der Waals surface area contributed by atoms with E-state index in [9.17, 15) is 0 Å². The Labute approximate surface area is 161 Å². The molecule has 0 amide bonds. The Morgan fingerprint density at radius 2 is 2.11 bits per heavy atom. The highest BCUT2D eigenvalue weighted by Gasteiger charge is 2.21. The number of furan rings is 1. The molecule has 2 N–H and O–H groups in total. The molecule has 27 heavy (non-hydrogen) atoms. The van der Waals surface area contributed by atoms with Crippen LogP contribution in [0.2, 0.25) is 0 Å². The van der Waals surface area contributed by atoms with Crippen LogP contribution < -0.4 is 15.5 Å². The second-order valence-electron chi connectivity index (χ2n) is 7.23. The highest BCUT2D eigenvalue weighted by Crippen LogP contribution is 2.21. The fourth-order valence-corrected chi connectivity index (χ4v) is 3.71. The minimum absolute atomic E-state index is 0.145. The lowest BCUT2D eigenvalue weighted by Crippen LogP contribution is -2.32. The van der Waals surface area contributed by atoms with Gasteiger partial charge in [0.2, 0.25) is 0 Å². The predicted molar refractivity (Wildman–Crippen MR) is 104 cm³/mol. The van der Waals surface area contributed by atoms with Gasteiger partial charge in [-0.15, -0.1) is 0 Å². The van der Waals surface area contributed by atoms with Crippen LogP contribution in [0.25, 0.3) is 0 Å². The number of hydrogen-bond acceptors (Lipinski definition) is 7. The van der Waals surface area contributed by atoms with Gasteiger partial charge in [0, 0.05) is 51.8 Å². The molecule has 144 valence electrons. The number of anilines is 1. The lowest BCUT2D eigenvalue weighted by atomic mass is 10.1. The van der Waals surface area contributed by atoms with Crippen molar-refractivity contribution in [2.24, 2.45) is 0 Å². The van der Waals surface area contributed by atoms with E-state index in [1.54, 1.807) is 0 Å². The summed E-state index contributed by atoms with van der Waals surface area (Å²) in [6, 6.07) is 8.54. The van der Waals surface area contributed by atoms with Crippen molar-refractivity contribution < 1.29 is 4.42 Å². The smallest absolute Gasteiger partial charge is 0.195 e. The minimum atomic E-state index is 0.145. The SMILES string of the molecule is CN(CCN1CCNC1=C(C#N)C#N)c1ccc(CC2CCCCCN2)o1. The van der Waals surface area contributed by atoms with E-state index >= 15 is 0 Å². The van der Waals surface area contributed by atoms with E-state index in [1.807, 2.05) is 25.3 Å². The van der Waals surface area contributed by atoms with Gasteiger partial charge in [-0.2, -0.15) is 10.5 Å². The van der Waals surface area contributed by atoms with E-state index in [1.165, 1.54) is 25.7 Å². The molecule has 3 rings (SSSR count). The van der Waals surface area contributed by atoms with E-state index in [0.717, 1.165) is 50.8 Å². The van der Waals surface area contributed by atoms with Crippen LogP contribution in [-0.4, -0.2) is 50.7 Å². The van der Waals surface area contributed by atoms with Crippen LogP contribution in [0.15, 0.2) is 27.9 Å². The summed E-state index contributed by atoms with van der Waals surface area (Å²) in [5.41, 5.74) is 0.145. The Morgan fingerprint density at radius 3 is 2.93 bits per heavy atom. The largest absolute Gasteiger partial charge is 0.446 e. The van der Waals surface area contributed by atoms with Crippen LogP contribution in [0.1, 0.15) is 31.4 Å². The molecule has 0 radical (unpaired) electrons. The summed E-state index contributed by atoms with van der Waals surface area (Å²) in [4.78, 5) is 4.13. The molecule has 7 heteroatoms. The van der Waals surface area contributed by atoms with Crippen LogP contribution in [0.3, 0.4) is 0 Å². The Kier molecular flexibility index (Phi) is 6.62. The molecule has 1 aromatic heterocycles. The summed E-state index contributed by atoms with van der Waals surface area (Å²) in [6.07, 6.45) is 6.02. The molecule has 0 saturated carbocycles. The first kappa shape index (κ1) is 19.1. The highest BCUT2D eigenvalue weighted by atomic mass is 16.4. The third-order valence-corrected chi connectivity index (χ3v) is 5.29. The lowest BCUT2D eigenvalue weighted by molar-refractivity contribution is 0.393. The molecule has 0 aromatic carbocycles. The molecule has 0 bridgehead atoms. The summed E-state index contributed by atoms with van der Waals surface area (Å²) in [6.45, 7) is 4.14. The van der Waals surface area contributed by atoms with Crippen LogP contribution in [0, 0.1) is 22.7 Å². The molecule has 2 saturated heterocycles. The number of rotatable bonds is 6. The zero-order chi connectivity index (χ0) is 19.1. The standard InChI is InChI=1S/C20H28N6O/c1-25(11-12-26-10-9-24-20(26)16(14-21)15-22)19-7-6-18(27-19)13-17-5-3-2-4-8-23-17/h6-7,17,23-24H,2-5,8-13H2,1H3. The van der Waals surface area contributed by atoms with E-state index in [4.69, 9.17) is 14.9 Å². The van der Waals surface area contributed by atoms with Gasteiger partial charge < -0.3 is 24.9 Å². The van der Waals surface area contributed by atoms with Gasteiger partial charge in [0.25, 0.3) is 0 Å². The van der Waals surface area contributed by atoms with Crippen LogP contribution in [0.4, 0.5) is 5.88 Å². The van der Waals surface area contributed by atoms with Crippen molar-refractivity contribution in [1.82, 2.24) is 15.5 Å². The summed E-state index contributed by atoms with van der Waals surface area (Å²) in [7, 11) is 2.01. The molecule has 0 aliphatic carbocycles. The Bertz CT molecular complexity index is 716. The number of nitrogens with zero attached hydrogens (tertiary/aromatic N) is 4. The van der Waals surface area contributed by atoms with Crippen LogP contribution in [-0.2, 0) is 6.42 Å².